The Morgan fingerprint density at radius 3 is 3.06 bits per heavy atom. The summed E-state index contributed by atoms with van der Waals surface area (Å²) in [5.41, 5.74) is 0. The summed E-state index contributed by atoms with van der Waals surface area (Å²) >= 11 is 0. The van der Waals surface area contributed by atoms with Gasteiger partial charge >= 0.3 is 0 Å². The van der Waals surface area contributed by atoms with Crippen molar-refractivity contribution in [3.63, 3.8) is 0 Å². The predicted molar refractivity (Wildman–Crippen MR) is 72.7 cm³/mol. The zero-order chi connectivity index (χ0) is 11.5. The van der Waals surface area contributed by atoms with E-state index in [4.69, 9.17) is 0 Å². The van der Waals surface area contributed by atoms with Crippen molar-refractivity contribution in [2.75, 3.05) is 0 Å². The summed E-state index contributed by atoms with van der Waals surface area (Å²) in [6.07, 6.45) is 5.71. The number of nitrogens with one attached hydrogen (secondary N) is 1. The lowest BCUT2D eigenvalue weighted by Crippen LogP contribution is -2.37. The molecule has 1 unspecified atom stereocenters. The Hall–Kier alpha value is -1.87. The maximum atomic E-state index is 4.41. The van der Waals surface area contributed by atoms with Crippen LogP contribution in [0.3, 0.4) is 0 Å². The molecule has 1 aliphatic rings. The lowest BCUT2D eigenvalue weighted by Gasteiger charge is -2.15. The summed E-state index contributed by atoms with van der Waals surface area (Å²) in [6.45, 7) is 0. The second-order valence-electron chi connectivity index (χ2n) is 3.81. The van der Waals surface area contributed by atoms with E-state index in [1.807, 2.05) is 30.6 Å². The molecule has 3 heteroatoms. The first kappa shape index (κ1) is 10.3. The molecular formula is C14H11N2Si. The van der Waals surface area contributed by atoms with Gasteiger partial charge < -0.3 is 5.32 Å². The van der Waals surface area contributed by atoms with Crippen molar-refractivity contribution in [1.29, 1.82) is 0 Å². The van der Waals surface area contributed by atoms with Crippen LogP contribution in [0.25, 0.3) is 10.8 Å². The van der Waals surface area contributed by atoms with Crippen molar-refractivity contribution in [3.05, 3.63) is 54.7 Å². The Kier molecular flexibility index (Phi) is 2.76. The minimum Gasteiger partial charge on any atom is -0.373 e. The monoisotopic (exact) mass is 235 g/mol. The van der Waals surface area contributed by atoms with E-state index in [1.54, 1.807) is 0 Å². The fourth-order valence-electron chi connectivity index (χ4n) is 1.87. The van der Waals surface area contributed by atoms with E-state index < -0.39 is 0 Å². The molecule has 0 fully saturated rings. The van der Waals surface area contributed by atoms with Gasteiger partial charge in [0.2, 0.25) is 0 Å². The van der Waals surface area contributed by atoms with Gasteiger partial charge in [0.1, 0.15) is 15.3 Å². The van der Waals surface area contributed by atoms with E-state index >= 15 is 0 Å². The number of nitrogens with zero attached hydrogens (tertiary/aromatic N) is 1. The molecule has 17 heavy (non-hydrogen) atoms. The van der Waals surface area contributed by atoms with Crippen LogP contribution in [0.4, 0.5) is 0 Å². The van der Waals surface area contributed by atoms with Crippen LogP contribution < -0.4 is 10.5 Å². The molecule has 1 atom stereocenters. The maximum Gasteiger partial charge on any atom is 0.141 e. The zero-order valence-electron chi connectivity index (χ0n) is 9.22. The number of aliphatic imine (C=N–C) groups is 1. The SMILES string of the molecule is [c]1cccc2cccc([Si]C3N=CC=CN3)c12. The Labute approximate surface area is 103 Å². The van der Waals surface area contributed by atoms with E-state index in [2.05, 4.69) is 40.6 Å². The van der Waals surface area contributed by atoms with Gasteiger partial charge in [0.05, 0.1) is 0 Å². The van der Waals surface area contributed by atoms with E-state index in [9.17, 15) is 0 Å². The third kappa shape index (κ3) is 2.14. The number of hydrogen-bond donors (Lipinski definition) is 1. The molecule has 3 rings (SSSR count). The van der Waals surface area contributed by atoms with Crippen molar-refractivity contribution in [3.8, 4) is 0 Å². The lowest BCUT2D eigenvalue weighted by molar-refractivity contribution is 0.798. The molecule has 1 N–H and O–H groups in total. The fraction of sp³-hybridized carbons (Fsp3) is 0.0714. The van der Waals surface area contributed by atoms with Gasteiger partial charge in [0, 0.05) is 6.21 Å². The van der Waals surface area contributed by atoms with E-state index in [-0.39, 0.29) is 5.79 Å². The first-order valence-electron chi connectivity index (χ1n) is 5.54. The molecule has 0 saturated carbocycles. The lowest BCUT2D eigenvalue weighted by atomic mass is 10.1. The van der Waals surface area contributed by atoms with Crippen LogP contribution in [0.5, 0.6) is 0 Å². The van der Waals surface area contributed by atoms with Crippen LogP contribution in [-0.4, -0.2) is 21.5 Å². The van der Waals surface area contributed by atoms with Gasteiger partial charge in [0.25, 0.3) is 0 Å². The van der Waals surface area contributed by atoms with Gasteiger partial charge in [0.15, 0.2) is 0 Å². The second kappa shape index (κ2) is 4.55. The van der Waals surface area contributed by atoms with Crippen molar-refractivity contribution in [2.24, 2.45) is 4.99 Å². The van der Waals surface area contributed by atoms with Crippen LogP contribution in [0, 0.1) is 6.07 Å². The first-order chi connectivity index (χ1) is 8.43. The number of hydrogen-bond acceptors (Lipinski definition) is 2. The number of rotatable bonds is 2. The Bertz CT molecular complexity index is 584. The van der Waals surface area contributed by atoms with Crippen LogP contribution in [0.15, 0.2) is 53.7 Å². The number of fused-ring (bicyclic) bond motifs is 1. The highest BCUT2D eigenvalue weighted by Crippen LogP contribution is 2.10. The fourth-order valence-corrected chi connectivity index (χ4v) is 3.06. The molecule has 2 aromatic carbocycles. The smallest absolute Gasteiger partial charge is 0.141 e. The quantitative estimate of drug-likeness (QED) is 0.783. The average molecular weight is 235 g/mol. The minimum atomic E-state index is 0.166. The van der Waals surface area contributed by atoms with Crippen LogP contribution in [0.2, 0.25) is 0 Å². The molecule has 2 aromatic rings. The molecule has 1 heterocycles. The van der Waals surface area contributed by atoms with Crippen molar-refractivity contribution < 1.29 is 0 Å². The minimum absolute atomic E-state index is 0.166. The second-order valence-corrected chi connectivity index (χ2v) is 5.18. The molecule has 0 aromatic heterocycles. The summed E-state index contributed by atoms with van der Waals surface area (Å²) in [5, 5.41) is 7.02. The Morgan fingerprint density at radius 1 is 1.24 bits per heavy atom. The van der Waals surface area contributed by atoms with Crippen molar-refractivity contribution in [1.82, 2.24) is 5.32 Å². The van der Waals surface area contributed by atoms with Gasteiger partial charge in [-0.2, -0.15) is 0 Å². The molecule has 2 nitrogen and oxygen atoms in total. The Balaban J connectivity index is 1.94. The van der Waals surface area contributed by atoms with Gasteiger partial charge in [-0.05, 0) is 29.1 Å². The average Bonchev–Trinajstić information content (AvgIpc) is 2.40. The topological polar surface area (TPSA) is 24.4 Å². The third-order valence-electron chi connectivity index (χ3n) is 2.66. The maximum absolute atomic E-state index is 4.41. The third-order valence-corrected chi connectivity index (χ3v) is 3.98. The number of benzene rings is 2. The summed E-state index contributed by atoms with van der Waals surface area (Å²) in [5.74, 6) is 0.166. The van der Waals surface area contributed by atoms with Crippen LogP contribution in [-0.2, 0) is 0 Å². The molecule has 0 spiro atoms. The van der Waals surface area contributed by atoms with Crippen molar-refractivity contribution >= 4 is 31.7 Å². The van der Waals surface area contributed by atoms with Gasteiger partial charge in [-0.3, -0.25) is 4.99 Å². The molecule has 0 aliphatic carbocycles. The summed E-state index contributed by atoms with van der Waals surface area (Å²) in [6, 6.07) is 15.8. The highest BCUT2D eigenvalue weighted by molar-refractivity contribution is 6.58. The first-order valence-corrected chi connectivity index (χ1v) is 6.61. The number of allylic oxidation sites excluding steroid dienone is 1. The normalized spacial score (nSPS) is 18.2. The summed E-state index contributed by atoms with van der Waals surface area (Å²) in [4.78, 5) is 4.41. The van der Waals surface area contributed by atoms with Crippen molar-refractivity contribution in [2.45, 2.75) is 5.79 Å². The molecule has 1 aliphatic heterocycles. The largest absolute Gasteiger partial charge is 0.373 e. The van der Waals surface area contributed by atoms with Crippen LogP contribution >= 0.6 is 0 Å². The standard InChI is InChI=1S/C14H11N2Si/c1-2-7-12-11(5-1)6-3-8-13(12)17-14-15-9-4-10-16-14/h1-6,8-10,14-15H. The molecular weight excluding hydrogens is 224 g/mol. The highest BCUT2D eigenvalue weighted by atomic mass is 28.2. The van der Waals surface area contributed by atoms with Crippen LogP contribution in [0.1, 0.15) is 0 Å². The predicted octanol–water partition coefficient (Wildman–Crippen LogP) is 1.44. The Morgan fingerprint density at radius 2 is 2.18 bits per heavy atom. The molecule has 0 bridgehead atoms. The van der Waals surface area contributed by atoms with Gasteiger partial charge in [-0.1, -0.05) is 41.6 Å². The molecule has 0 saturated heterocycles. The van der Waals surface area contributed by atoms with E-state index in [1.165, 1.54) is 16.0 Å². The highest BCUT2D eigenvalue weighted by Gasteiger charge is 2.10. The molecule has 0 amide bonds. The summed E-state index contributed by atoms with van der Waals surface area (Å²) in [7, 11) is 0.616. The molecule has 81 valence electrons. The van der Waals surface area contributed by atoms with Gasteiger partial charge in [-0.25, -0.2) is 0 Å². The van der Waals surface area contributed by atoms with E-state index in [0.29, 0.717) is 9.52 Å². The van der Waals surface area contributed by atoms with E-state index in [0.717, 1.165) is 0 Å². The summed E-state index contributed by atoms with van der Waals surface area (Å²) < 4.78 is 0. The molecule has 3 radical (unpaired) electrons. The van der Waals surface area contributed by atoms with Gasteiger partial charge in [-0.15, -0.1) is 0 Å². The zero-order valence-corrected chi connectivity index (χ0v) is 10.2.